The maximum Gasteiger partial charge on any atom is 0.253 e. The number of carbonyl (C=O) groups excluding carboxylic acids is 1. The van der Waals surface area contributed by atoms with E-state index in [-0.39, 0.29) is 10.8 Å². The number of rotatable bonds is 8. The van der Waals surface area contributed by atoms with Crippen LogP contribution in [0.4, 0.5) is 0 Å². The van der Waals surface area contributed by atoms with Crippen molar-refractivity contribution in [2.45, 2.75) is 25.2 Å². The van der Waals surface area contributed by atoms with Crippen molar-refractivity contribution in [2.75, 3.05) is 26.7 Å². The smallest absolute Gasteiger partial charge is 0.253 e. The number of sulfonamides is 1. The first kappa shape index (κ1) is 20.1. The lowest BCUT2D eigenvalue weighted by Gasteiger charge is -2.19. The first-order valence-electron chi connectivity index (χ1n) is 8.65. The number of likely N-dealkylation sites (N-methyl/N-ethyl adjacent to an activating group) is 1. The first-order chi connectivity index (χ1) is 12.4. The van der Waals surface area contributed by atoms with Crippen molar-refractivity contribution in [1.82, 2.24) is 14.2 Å². The average molecular weight is 375 g/mol. The third kappa shape index (κ3) is 4.68. The van der Waals surface area contributed by atoms with Crippen molar-refractivity contribution >= 4 is 15.9 Å². The Bertz CT molecular complexity index is 817. The monoisotopic (exact) mass is 375 g/mol. The summed E-state index contributed by atoms with van der Waals surface area (Å²) in [6.07, 6.45) is 2.23. The van der Waals surface area contributed by atoms with E-state index < -0.39 is 10.0 Å². The SMILES string of the molecule is CCN(CC)C(=O)c1ccc(S(=O)(=O)N(C)CCc2ccccn2)cc1. The fraction of sp³-hybridized carbons (Fsp3) is 0.368. The molecule has 2 aromatic rings. The molecule has 1 aromatic heterocycles. The highest BCUT2D eigenvalue weighted by Gasteiger charge is 2.21. The Labute approximate surface area is 155 Å². The summed E-state index contributed by atoms with van der Waals surface area (Å²) in [5.41, 5.74) is 1.33. The van der Waals surface area contributed by atoms with E-state index in [1.165, 1.54) is 16.4 Å². The summed E-state index contributed by atoms with van der Waals surface area (Å²) in [6.45, 7) is 5.39. The Morgan fingerprint density at radius 1 is 1.04 bits per heavy atom. The van der Waals surface area contributed by atoms with Crippen LogP contribution in [0.1, 0.15) is 29.9 Å². The summed E-state index contributed by atoms with van der Waals surface area (Å²) in [7, 11) is -2.05. The zero-order valence-corrected chi connectivity index (χ0v) is 16.2. The molecule has 0 N–H and O–H groups in total. The van der Waals surface area contributed by atoms with E-state index >= 15 is 0 Å². The fourth-order valence-electron chi connectivity index (χ4n) is 2.58. The molecule has 7 heteroatoms. The molecule has 140 valence electrons. The predicted octanol–water partition coefficient (Wildman–Crippen LogP) is 2.43. The highest BCUT2D eigenvalue weighted by molar-refractivity contribution is 7.89. The van der Waals surface area contributed by atoms with Crippen LogP contribution in [0.25, 0.3) is 0 Å². The molecule has 0 unspecified atom stereocenters. The van der Waals surface area contributed by atoms with Gasteiger partial charge in [0.2, 0.25) is 10.0 Å². The quantitative estimate of drug-likeness (QED) is 0.710. The van der Waals surface area contributed by atoms with Crippen LogP contribution < -0.4 is 0 Å². The number of amides is 1. The Kier molecular flexibility index (Phi) is 6.88. The Hall–Kier alpha value is -2.25. The molecule has 0 saturated heterocycles. The van der Waals surface area contributed by atoms with Crippen molar-refractivity contribution in [1.29, 1.82) is 0 Å². The van der Waals surface area contributed by atoms with Gasteiger partial charge in [0, 0.05) is 50.6 Å². The normalized spacial score (nSPS) is 11.5. The van der Waals surface area contributed by atoms with Crippen LogP contribution in [0.2, 0.25) is 0 Å². The first-order valence-corrected chi connectivity index (χ1v) is 10.1. The van der Waals surface area contributed by atoms with Crippen molar-refractivity contribution < 1.29 is 13.2 Å². The van der Waals surface area contributed by atoms with Gasteiger partial charge in [-0.1, -0.05) is 6.07 Å². The Morgan fingerprint density at radius 3 is 2.23 bits per heavy atom. The van der Waals surface area contributed by atoms with E-state index in [0.717, 1.165) is 5.69 Å². The second-order valence-electron chi connectivity index (χ2n) is 5.90. The number of pyridine rings is 1. The van der Waals surface area contributed by atoms with Gasteiger partial charge >= 0.3 is 0 Å². The molecule has 0 saturated carbocycles. The zero-order chi connectivity index (χ0) is 19.2. The van der Waals surface area contributed by atoms with Crippen LogP contribution in [-0.4, -0.2) is 55.2 Å². The lowest BCUT2D eigenvalue weighted by Crippen LogP contribution is -2.31. The second kappa shape index (κ2) is 8.91. The van der Waals surface area contributed by atoms with Crippen LogP contribution in [0, 0.1) is 0 Å². The molecule has 0 aliphatic rings. The minimum Gasteiger partial charge on any atom is -0.339 e. The van der Waals surface area contributed by atoms with Gasteiger partial charge in [-0.15, -0.1) is 0 Å². The highest BCUT2D eigenvalue weighted by atomic mass is 32.2. The van der Waals surface area contributed by atoms with Gasteiger partial charge in [-0.3, -0.25) is 9.78 Å². The maximum atomic E-state index is 12.7. The van der Waals surface area contributed by atoms with Crippen molar-refractivity contribution in [3.05, 3.63) is 59.9 Å². The summed E-state index contributed by atoms with van der Waals surface area (Å²) in [6, 6.07) is 11.7. The van der Waals surface area contributed by atoms with Crippen LogP contribution >= 0.6 is 0 Å². The number of hydrogen-bond acceptors (Lipinski definition) is 4. The topological polar surface area (TPSA) is 70.6 Å². The van der Waals surface area contributed by atoms with Gasteiger partial charge in [0.25, 0.3) is 5.91 Å². The standard InChI is InChI=1S/C19H25N3O3S/c1-4-22(5-2)19(23)16-9-11-18(12-10-16)26(24,25)21(3)15-13-17-8-6-7-14-20-17/h6-12,14H,4-5,13,15H2,1-3H3. The van der Waals surface area contributed by atoms with E-state index in [0.29, 0.717) is 31.6 Å². The fourth-order valence-corrected chi connectivity index (χ4v) is 3.75. The third-order valence-electron chi connectivity index (χ3n) is 4.27. The summed E-state index contributed by atoms with van der Waals surface area (Å²) in [5, 5.41) is 0. The van der Waals surface area contributed by atoms with Gasteiger partial charge in [-0.2, -0.15) is 0 Å². The molecule has 1 amide bonds. The maximum absolute atomic E-state index is 12.7. The highest BCUT2D eigenvalue weighted by Crippen LogP contribution is 2.16. The van der Waals surface area contributed by atoms with Crippen molar-refractivity contribution in [2.24, 2.45) is 0 Å². The van der Waals surface area contributed by atoms with E-state index in [1.807, 2.05) is 32.0 Å². The van der Waals surface area contributed by atoms with Crippen LogP contribution in [0.5, 0.6) is 0 Å². The molecular formula is C19H25N3O3S. The van der Waals surface area contributed by atoms with Gasteiger partial charge in [0.1, 0.15) is 0 Å². The number of hydrogen-bond donors (Lipinski definition) is 0. The minimum atomic E-state index is -3.60. The molecule has 0 bridgehead atoms. The van der Waals surface area contributed by atoms with E-state index in [4.69, 9.17) is 0 Å². The molecular weight excluding hydrogens is 350 g/mol. The predicted molar refractivity (Wildman–Crippen MR) is 101 cm³/mol. The van der Waals surface area contributed by atoms with Gasteiger partial charge in [-0.05, 0) is 50.2 Å². The number of benzene rings is 1. The summed E-state index contributed by atoms with van der Waals surface area (Å²) >= 11 is 0. The molecule has 26 heavy (non-hydrogen) atoms. The van der Waals surface area contributed by atoms with E-state index in [9.17, 15) is 13.2 Å². The molecule has 0 aliphatic carbocycles. The van der Waals surface area contributed by atoms with Crippen LogP contribution in [-0.2, 0) is 16.4 Å². The zero-order valence-electron chi connectivity index (χ0n) is 15.4. The van der Waals surface area contributed by atoms with Gasteiger partial charge in [0.05, 0.1) is 4.90 Å². The molecule has 2 rings (SSSR count). The third-order valence-corrected chi connectivity index (χ3v) is 6.14. The van der Waals surface area contributed by atoms with E-state index in [2.05, 4.69) is 4.98 Å². The summed E-state index contributed by atoms with van der Waals surface area (Å²) < 4.78 is 26.7. The van der Waals surface area contributed by atoms with Gasteiger partial charge in [-0.25, -0.2) is 12.7 Å². The summed E-state index contributed by atoms with van der Waals surface area (Å²) in [4.78, 5) is 18.4. The summed E-state index contributed by atoms with van der Waals surface area (Å²) in [5.74, 6) is -0.0949. The molecule has 6 nitrogen and oxygen atoms in total. The Balaban J connectivity index is 2.09. The van der Waals surface area contributed by atoms with Crippen molar-refractivity contribution in [3.63, 3.8) is 0 Å². The second-order valence-corrected chi connectivity index (χ2v) is 7.94. The number of aromatic nitrogens is 1. The van der Waals surface area contributed by atoms with Crippen molar-refractivity contribution in [3.8, 4) is 0 Å². The molecule has 0 spiro atoms. The van der Waals surface area contributed by atoms with Crippen LogP contribution in [0.15, 0.2) is 53.6 Å². The lowest BCUT2D eigenvalue weighted by molar-refractivity contribution is 0.0773. The largest absolute Gasteiger partial charge is 0.339 e. The van der Waals surface area contributed by atoms with E-state index in [1.54, 1.807) is 30.3 Å². The lowest BCUT2D eigenvalue weighted by atomic mass is 10.2. The average Bonchev–Trinajstić information content (AvgIpc) is 2.67. The molecule has 0 aliphatic heterocycles. The minimum absolute atomic E-state index is 0.0949. The van der Waals surface area contributed by atoms with Gasteiger partial charge < -0.3 is 4.90 Å². The molecule has 1 aromatic carbocycles. The molecule has 1 heterocycles. The van der Waals surface area contributed by atoms with Crippen LogP contribution in [0.3, 0.4) is 0 Å². The number of carbonyl (C=O) groups is 1. The molecule has 0 atom stereocenters. The molecule has 0 fully saturated rings. The number of nitrogens with zero attached hydrogens (tertiary/aromatic N) is 3. The molecule has 0 radical (unpaired) electrons. The van der Waals surface area contributed by atoms with Gasteiger partial charge in [0.15, 0.2) is 0 Å². The Morgan fingerprint density at radius 2 is 1.69 bits per heavy atom.